The van der Waals surface area contributed by atoms with E-state index >= 15 is 0 Å². The van der Waals surface area contributed by atoms with Gasteiger partial charge in [-0.1, -0.05) is 30.3 Å². The number of rotatable bonds is 8. The van der Waals surface area contributed by atoms with Gasteiger partial charge in [-0.25, -0.2) is 8.42 Å². The number of methoxy groups -OCH3 is 1. The van der Waals surface area contributed by atoms with Gasteiger partial charge in [-0.3, -0.25) is 4.79 Å². The highest BCUT2D eigenvalue weighted by molar-refractivity contribution is 7.88. The van der Waals surface area contributed by atoms with Crippen molar-refractivity contribution in [2.24, 2.45) is 0 Å². The highest BCUT2D eigenvalue weighted by atomic mass is 32.2. The van der Waals surface area contributed by atoms with Gasteiger partial charge in [0.2, 0.25) is 15.9 Å². The molecule has 0 aliphatic carbocycles. The van der Waals surface area contributed by atoms with Crippen LogP contribution in [0.5, 0.6) is 5.75 Å². The van der Waals surface area contributed by atoms with Crippen LogP contribution in [-0.2, 0) is 21.4 Å². The van der Waals surface area contributed by atoms with Crippen LogP contribution in [0.3, 0.4) is 0 Å². The molecule has 0 atom stereocenters. The molecule has 0 unspecified atom stereocenters. The molecular weight excluding hydrogens is 352 g/mol. The van der Waals surface area contributed by atoms with Crippen molar-refractivity contribution in [2.45, 2.75) is 19.9 Å². The third kappa shape index (κ3) is 5.86. The zero-order chi connectivity index (χ0) is 19.2. The molecule has 0 spiro atoms. The summed E-state index contributed by atoms with van der Waals surface area (Å²) in [7, 11) is -1.87. The molecule has 0 bridgehead atoms. The van der Waals surface area contributed by atoms with Gasteiger partial charge in [0.1, 0.15) is 5.75 Å². The number of ether oxygens (including phenoxy) is 1. The number of amides is 1. The summed E-state index contributed by atoms with van der Waals surface area (Å²) in [6, 6.07) is 14.6. The SMILES string of the molecule is COc1cccc(NC(=O)CCN(Cc2ccccc2C)S(C)(=O)=O)c1. The van der Waals surface area contributed by atoms with Crippen molar-refractivity contribution in [1.29, 1.82) is 0 Å². The molecule has 0 aromatic heterocycles. The number of benzene rings is 2. The fraction of sp³-hybridized carbons (Fsp3) is 0.316. The van der Waals surface area contributed by atoms with E-state index < -0.39 is 10.0 Å². The van der Waals surface area contributed by atoms with E-state index in [2.05, 4.69) is 5.32 Å². The zero-order valence-corrected chi connectivity index (χ0v) is 16.0. The molecule has 140 valence electrons. The summed E-state index contributed by atoms with van der Waals surface area (Å²) >= 11 is 0. The van der Waals surface area contributed by atoms with Gasteiger partial charge < -0.3 is 10.1 Å². The lowest BCUT2D eigenvalue weighted by atomic mass is 10.1. The van der Waals surface area contributed by atoms with Gasteiger partial charge in [-0.2, -0.15) is 4.31 Å². The number of hydrogen-bond acceptors (Lipinski definition) is 4. The minimum absolute atomic E-state index is 0.0656. The van der Waals surface area contributed by atoms with Gasteiger partial charge >= 0.3 is 0 Å². The van der Waals surface area contributed by atoms with Crippen molar-refractivity contribution in [3.8, 4) is 5.75 Å². The Bertz CT molecular complexity index is 865. The van der Waals surface area contributed by atoms with E-state index in [4.69, 9.17) is 4.74 Å². The molecule has 1 amide bonds. The van der Waals surface area contributed by atoms with Crippen LogP contribution in [0.25, 0.3) is 0 Å². The van der Waals surface area contributed by atoms with Crippen LogP contribution in [-0.4, -0.2) is 38.5 Å². The fourth-order valence-electron chi connectivity index (χ4n) is 2.49. The minimum atomic E-state index is -3.43. The van der Waals surface area contributed by atoms with Crippen LogP contribution in [0.1, 0.15) is 17.5 Å². The molecule has 7 heteroatoms. The van der Waals surface area contributed by atoms with Gasteiger partial charge in [0.15, 0.2) is 0 Å². The van der Waals surface area contributed by atoms with Crippen LogP contribution in [0.2, 0.25) is 0 Å². The topological polar surface area (TPSA) is 75.7 Å². The Morgan fingerprint density at radius 1 is 1.15 bits per heavy atom. The summed E-state index contributed by atoms with van der Waals surface area (Å²) in [5, 5.41) is 2.76. The van der Waals surface area contributed by atoms with Crippen LogP contribution >= 0.6 is 0 Å². The summed E-state index contributed by atoms with van der Waals surface area (Å²) in [6.07, 6.45) is 1.22. The molecule has 6 nitrogen and oxygen atoms in total. The van der Waals surface area contributed by atoms with E-state index in [0.717, 1.165) is 17.4 Å². The fourth-order valence-corrected chi connectivity index (χ4v) is 3.29. The predicted octanol–water partition coefficient (Wildman–Crippen LogP) is 2.79. The number of carbonyl (C=O) groups excluding carboxylic acids is 1. The molecule has 2 aromatic carbocycles. The van der Waals surface area contributed by atoms with Gasteiger partial charge in [0.25, 0.3) is 0 Å². The lowest BCUT2D eigenvalue weighted by Gasteiger charge is -2.20. The van der Waals surface area contributed by atoms with E-state index in [-0.39, 0.29) is 25.4 Å². The highest BCUT2D eigenvalue weighted by Gasteiger charge is 2.19. The maximum absolute atomic E-state index is 12.2. The summed E-state index contributed by atoms with van der Waals surface area (Å²) in [5.41, 5.74) is 2.55. The molecule has 0 aliphatic rings. The van der Waals surface area contributed by atoms with Crippen molar-refractivity contribution >= 4 is 21.6 Å². The number of anilines is 1. The molecule has 0 radical (unpaired) electrons. The van der Waals surface area contributed by atoms with E-state index in [1.165, 1.54) is 4.31 Å². The number of carbonyl (C=O) groups is 1. The van der Waals surface area contributed by atoms with Gasteiger partial charge in [0, 0.05) is 31.3 Å². The van der Waals surface area contributed by atoms with E-state index in [1.807, 2.05) is 31.2 Å². The molecule has 0 aliphatic heterocycles. The minimum Gasteiger partial charge on any atom is -0.497 e. The van der Waals surface area contributed by atoms with Crippen LogP contribution in [0, 0.1) is 6.92 Å². The first kappa shape index (κ1) is 19.9. The van der Waals surface area contributed by atoms with Gasteiger partial charge in [-0.15, -0.1) is 0 Å². The average molecular weight is 376 g/mol. The molecule has 0 heterocycles. The maximum atomic E-state index is 12.2. The van der Waals surface area contributed by atoms with E-state index in [1.54, 1.807) is 31.4 Å². The Balaban J connectivity index is 2.00. The molecule has 0 saturated carbocycles. The van der Waals surface area contributed by atoms with Crippen LogP contribution in [0.15, 0.2) is 48.5 Å². The van der Waals surface area contributed by atoms with Crippen molar-refractivity contribution in [3.05, 3.63) is 59.7 Å². The number of sulfonamides is 1. The molecule has 0 saturated heterocycles. The Morgan fingerprint density at radius 3 is 2.54 bits per heavy atom. The lowest BCUT2D eigenvalue weighted by molar-refractivity contribution is -0.116. The lowest BCUT2D eigenvalue weighted by Crippen LogP contribution is -2.32. The van der Waals surface area contributed by atoms with Crippen LogP contribution in [0.4, 0.5) is 5.69 Å². The standard InChI is InChI=1S/C19H24N2O4S/c1-15-7-4-5-8-16(15)14-21(26(3,23)24)12-11-19(22)20-17-9-6-10-18(13-17)25-2/h4-10,13H,11-12,14H2,1-3H3,(H,20,22). The molecule has 2 aromatic rings. The third-order valence-electron chi connectivity index (χ3n) is 4.02. The Morgan fingerprint density at radius 2 is 1.88 bits per heavy atom. The van der Waals surface area contributed by atoms with Crippen molar-refractivity contribution in [1.82, 2.24) is 4.31 Å². The first-order chi connectivity index (χ1) is 12.3. The molecule has 0 fully saturated rings. The molecule has 2 rings (SSSR count). The monoisotopic (exact) mass is 376 g/mol. The first-order valence-electron chi connectivity index (χ1n) is 8.23. The number of aryl methyl sites for hydroxylation is 1. The number of nitrogens with one attached hydrogen (secondary N) is 1. The zero-order valence-electron chi connectivity index (χ0n) is 15.2. The van der Waals surface area contributed by atoms with Crippen LogP contribution < -0.4 is 10.1 Å². The second-order valence-electron chi connectivity index (χ2n) is 6.05. The normalized spacial score (nSPS) is 11.4. The second kappa shape index (κ2) is 8.82. The second-order valence-corrected chi connectivity index (χ2v) is 8.04. The third-order valence-corrected chi connectivity index (χ3v) is 5.27. The molecule has 1 N–H and O–H groups in total. The van der Waals surface area contributed by atoms with Gasteiger partial charge in [-0.05, 0) is 30.2 Å². The van der Waals surface area contributed by atoms with Crippen molar-refractivity contribution in [3.63, 3.8) is 0 Å². The van der Waals surface area contributed by atoms with Crippen molar-refractivity contribution < 1.29 is 17.9 Å². The van der Waals surface area contributed by atoms with E-state index in [0.29, 0.717) is 11.4 Å². The largest absolute Gasteiger partial charge is 0.497 e. The first-order valence-corrected chi connectivity index (χ1v) is 10.1. The predicted molar refractivity (Wildman–Crippen MR) is 103 cm³/mol. The maximum Gasteiger partial charge on any atom is 0.225 e. The summed E-state index contributed by atoms with van der Waals surface area (Å²) < 4.78 is 30.6. The quantitative estimate of drug-likeness (QED) is 0.769. The number of nitrogens with zero attached hydrogens (tertiary/aromatic N) is 1. The molecule has 26 heavy (non-hydrogen) atoms. The Kier molecular flexibility index (Phi) is 6.76. The summed E-state index contributed by atoms with van der Waals surface area (Å²) in [4.78, 5) is 12.2. The molecular formula is C19H24N2O4S. The van der Waals surface area contributed by atoms with Gasteiger partial charge in [0.05, 0.1) is 13.4 Å². The Labute approximate surface area is 154 Å². The number of hydrogen-bond donors (Lipinski definition) is 1. The average Bonchev–Trinajstić information content (AvgIpc) is 2.59. The van der Waals surface area contributed by atoms with E-state index in [9.17, 15) is 13.2 Å². The summed E-state index contributed by atoms with van der Waals surface area (Å²) in [6.45, 7) is 2.30. The highest BCUT2D eigenvalue weighted by Crippen LogP contribution is 2.17. The Hall–Kier alpha value is -2.38. The smallest absolute Gasteiger partial charge is 0.225 e. The summed E-state index contributed by atoms with van der Waals surface area (Å²) in [5.74, 6) is 0.386. The van der Waals surface area contributed by atoms with Crippen molar-refractivity contribution in [2.75, 3.05) is 25.2 Å².